The van der Waals surface area contributed by atoms with Gasteiger partial charge in [0.2, 0.25) is 14.2 Å². The molecule has 1 N–H and O–H groups in total. The third-order valence-electron chi connectivity index (χ3n) is 3.97. The second-order valence-corrected chi connectivity index (χ2v) is 9.49. The molecule has 4 nitrogen and oxygen atoms in total. The van der Waals surface area contributed by atoms with Crippen molar-refractivity contribution < 1.29 is 12.8 Å². The molecule has 27 heavy (non-hydrogen) atoms. The summed E-state index contributed by atoms with van der Waals surface area (Å²) >= 11 is 13.4. The Labute approximate surface area is 170 Å². The summed E-state index contributed by atoms with van der Waals surface area (Å²) in [7, 11) is -4.06. The van der Waals surface area contributed by atoms with Gasteiger partial charge in [0, 0.05) is 16.6 Å². The van der Waals surface area contributed by atoms with Crippen LogP contribution < -0.4 is 5.32 Å². The van der Waals surface area contributed by atoms with Crippen LogP contribution in [0.3, 0.4) is 0 Å². The SMILES string of the molecule is CC[C@H](Nc1cc(F)c(S(=O)(=O)c2nccs2)cc1Cl)c1ccccc1Cl. The molecular weight excluding hydrogens is 430 g/mol. The molecule has 0 saturated heterocycles. The van der Waals surface area contributed by atoms with E-state index in [1.807, 2.05) is 25.1 Å². The van der Waals surface area contributed by atoms with Crippen molar-refractivity contribution in [3.63, 3.8) is 0 Å². The second-order valence-electron chi connectivity index (χ2n) is 5.69. The molecule has 2 aromatic carbocycles. The number of nitrogens with zero attached hydrogens (tertiary/aromatic N) is 1. The van der Waals surface area contributed by atoms with Crippen LogP contribution in [0.15, 0.2) is 57.2 Å². The van der Waals surface area contributed by atoms with Gasteiger partial charge < -0.3 is 5.32 Å². The van der Waals surface area contributed by atoms with Gasteiger partial charge in [0.1, 0.15) is 10.7 Å². The fourth-order valence-electron chi connectivity index (χ4n) is 2.63. The van der Waals surface area contributed by atoms with Crippen molar-refractivity contribution in [3.05, 3.63) is 69.4 Å². The van der Waals surface area contributed by atoms with Gasteiger partial charge in [-0.05, 0) is 30.2 Å². The molecule has 1 heterocycles. The van der Waals surface area contributed by atoms with Crippen LogP contribution in [-0.4, -0.2) is 13.4 Å². The van der Waals surface area contributed by atoms with E-state index in [4.69, 9.17) is 23.2 Å². The first-order valence-corrected chi connectivity index (χ1v) is 11.1. The molecule has 142 valence electrons. The van der Waals surface area contributed by atoms with E-state index in [9.17, 15) is 12.8 Å². The minimum absolute atomic E-state index is 0.0945. The quantitative estimate of drug-likeness (QED) is 0.507. The summed E-state index contributed by atoms with van der Waals surface area (Å²) in [6, 6.07) is 9.30. The van der Waals surface area contributed by atoms with E-state index in [0.717, 1.165) is 29.0 Å². The number of halogens is 3. The molecule has 0 aliphatic rings. The molecule has 1 atom stereocenters. The Morgan fingerprint density at radius 2 is 1.96 bits per heavy atom. The van der Waals surface area contributed by atoms with Crippen molar-refractivity contribution in [1.29, 1.82) is 0 Å². The van der Waals surface area contributed by atoms with Crippen LogP contribution in [0.2, 0.25) is 10.0 Å². The Kier molecular flexibility index (Phi) is 6.05. The molecule has 9 heteroatoms. The summed E-state index contributed by atoms with van der Waals surface area (Å²) in [6.45, 7) is 1.95. The Bertz CT molecular complexity index is 1060. The number of thiazole rings is 1. The fourth-order valence-corrected chi connectivity index (χ4v) is 5.46. The average molecular weight is 445 g/mol. The highest BCUT2D eigenvalue weighted by Crippen LogP contribution is 2.35. The number of hydrogen-bond donors (Lipinski definition) is 1. The lowest BCUT2D eigenvalue weighted by molar-refractivity contribution is 0.566. The van der Waals surface area contributed by atoms with E-state index in [1.165, 1.54) is 11.6 Å². The Morgan fingerprint density at radius 1 is 1.22 bits per heavy atom. The van der Waals surface area contributed by atoms with Gasteiger partial charge in [0.25, 0.3) is 0 Å². The third-order valence-corrected chi connectivity index (χ3v) is 7.60. The molecule has 0 saturated carbocycles. The lowest BCUT2D eigenvalue weighted by atomic mass is 10.0. The molecule has 3 rings (SSSR count). The first kappa shape index (κ1) is 20.1. The molecule has 0 aliphatic carbocycles. The third kappa shape index (κ3) is 4.11. The predicted molar refractivity (Wildman–Crippen MR) is 107 cm³/mol. The van der Waals surface area contributed by atoms with Crippen LogP contribution in [0.1, 0.15) is 24.9 Å². The van der Waals surface area contributed by atoms with E-state index in [2.05, 4.69) is 10.3 Å². The molecule has 0 aliphatic heterocycles. The van der Waals surface area contributed by atoms with E-state index in [-0.39, 0.29) is 15.4 Å². The lowest BCUT2D eigenvalue weighted by Crippen LogP contribution is -2.12. The summed E-state index contributed by atoms with van der Waals surface area (Å²) in [5, 5.41) is 5.33. The van der Waals surface area contributed by atoms with E-state index >= 15 is 0 Å². The number of nitrogens with one attached hydrogen (secondary N) is 1. The number of aromatic nitrogens is 1. The molecule has 0 fully saturated rings. The molecule has 0 radical (unpaired) electrons. The fraction of sp³-hybridized carbons (Fsp3) is 0.167. The summed E-state index contributed by atoms with van der Waals surface area (Å²) < 4.78 is 39.5. The summed E-state index contributed by atoms with van der Waals surface area (Å²) in [5.41, 5.74) is 1.14. The second kappa shape index (κ2) is 8.14. The van der Waals surface area contributed by atoms with Crippen LogP contribution in [0.4, 0.5) is 10.1 Å². The monoisotopic (exact) mass is 444 g/mol. The van der Waals surface area contributed by atoms with Crippen molar-refractivity contribution in [2.45, 2.75) is 28.6 Å². The highest BCUT2D eigenvalue weighted by atomic mass is 35.5. The Balaban J connectivity index is 1.97. The summed E-state index contributed by atoms with van der Waals surface area (Å²) in [4.78, 5) is 3.26. The van der Waals surface area contributed by atoms with Crippen LogP contribution in [-0.2, 0) is 9.84 Å². The molecule has 0 bridgehead atoms. The van der Waals surface area contributed by atoms with Crippen molar-refractivity contribution in [3.8, 4) is 0 Å². The number of rotatable bonds is 6. The highest BCUT2D eigenvalue weighted by molar-refractivity contribution is 7.93. The largest absolute Gasteiger partial charge is 0.377 e. The van der Waals surface area contributed by atoms with Crippen molar-refractivity contribution in [2.24, 2.45) is 0 Å². The first-order valence-electron chi connectivity index (χ1n) is 7.99. The smallest absolute Gasteiger partial charge is 0.236 e. The van der Waals surface area contributed by atoms with Gasteiger partial charge in [-0.15, -0.1) is 11.3 Å². The predicted octanol–water partition coefficient (Wildman–Crippen LogP) is 5.99. The van der Waals surface area contributed by atoms with Crippen molar-refractivity contribution in [2.75, 3.05) is 5.32 Å². The van der Waals surface area contributed by atoms with Gasteiger partial charge in [0.05, 0.1) is 16.8 Å². The highest BCUT2D eigenvalue weighted by Gasteiger charge is 2.26. The number of anilines is 1. The Hall–Kier alpha value is -1.67. The minimum Gasteiger partial charge on any atom is -0.377 e. The van der Waals surface area contributed by atoms with E-state index < -0.39 is 20.5 Å². The first-order chi connectivity index (χ1) is 12.8. The zero-order valence-electron chi connectivity index (χ0n) is 14.1. The number of sulfone groups is 1. The summed E-state index contributed by atoms with van der Waals surface area (Å²) in [6.07, 6.45) is 2.02. The molecule has 0 spiro atoms. The van der Waals surface area contributed by atoms with Crippen LogP contribution in [0.25, 0.3) is 0 Å². The van der Waals surface area contributed by atoms with Gasteiger partial charge in [-0.25, -0.2) is 17.8 Å². The zero-order valence-corrected chi connectivity index (χ0v) is 17.3. The van der Waals surface area contributed by atoms with Gasteiger partial charge in [-0.1, -0.05) is 48.3 Å². The molecule has 0 unspecified atom stereocenters. The maximum absolute atomic E-state index is 14.6. The normalized spacial score (nSPS) is 12.7. The van der Waals surface area contributed by atoms with Gasteiger partial charge in [-0.3, -0.25) is 0 Å². The topological polar surface area (TPSA) is 59.1 Å². The van der Waals surface area contributed by atoms with Crippen molar-refractivity contribution >= 4 is 50.1 Å². The molecule has 3 aromatic rings. The van der Waals surface area contributed by atoms with Crippen LogP contribution >= 0.6 is 34.5 Å². The van der Waals surface area contributed by atoms with Gasteiger partial charge >= 0.3 is 0 Å². The Morgan fingerprint density at radius 3 is 2.59 bits per heavy atom. The maximum Gasteiger partial charge on any atom is 0.236 e. The lowest BCUT2D eigenvalue weighted by Gasteiger charge is -2.21. The number of benzene rings is 2. The van der Waals surface area contributed by atoms with Crippen LogP contribution in [0.5, 0.6) is 0 Å². The summed E-state index contributed by atoms with van der Waals surface area (Å²) in [5.74, 6) is -0.897. The minimum atomic E-state index is -4.06. The molecule has 1 aromatic heterocycles. The van der Waals surface area contributed by atoms with Gasteiger partial charge in [-0.2, -0.15) is 0 Å². The standard InChI is InChI=1S/C18H15Cl2FN2O2S2/c1-2-15(11-5-3-4-6-12(11)19)23-16-10-14(21)17(9-13(16)20)27(24,25)18-22-7-8-26-18/h3-10,15,23H,2H2,1H3/t15-/m0/s1. The van der Waals surface area contributed by atoms with Crippen LogP contribution in [0, 0.1) is 5.82 Å². The van der Waals surface area contributed by atoms with Gasteiger partial charge in [0.15, 0.2) is 0 Å². The maximum atomic E-state index is 14.6. The molecular formula is C18H15Cl2FN2O2S2. The zero-order chi connectivity index (χ0) is 19.6. The van der Waals surface area contributed by atoms with E-state index in [1.54, 1.807) is 6.07 Å². The van der Waals surface area contributed by atoms with E-state index in [0.29, 0.717) is 17.1 Å². The number of hydrogen-bond acceptors (Lipinski definition) is 5. The average Bonchev–Trinajstić information content (AvgIpc) is 3.18. The molecule has 0 amide bonds. The van der Waals surface area contributed by atoms with Crippen molar-refractivity contribution in [1.82, 2.24) is 4.98 Å².